The molecule has 1 N–H and O–H groups in total. The highest BCUT2D eigenvalue weighted by Crippen LogP contribution is 2.19. The quantitative estimate of drug-likeness (QED) is 0.791. The van der Waals surface area contributed by atoms with E-state index in [1.165, 1.54) is 25.6 Å². The molecule has 0 aliphatic rings. The van der Waals surface area contributed by atoms with Crippen molar-refractivity contribution in [2.75, 3.05) is 19.2 Å². The Hall–Kier alpha value is -1.50. The van der Waals surface area contributed by atoms with Gasteiger partial charge in [-0.05, 0) is 0 Å². The van der Waals surface area contributed by atoms with E-state index in [-0.39, 0.29) is 5.75 Å². The summed E-state index contributed by atoms with van der Waals surface area (Å²) in [6, 6.07) is 1.35. The van der Waals surface area contributed by atoms with E-state index in [0.29, 0.717) is 5.69 Å². The predicted octanol–water partition coefficient (Wildman–Crippen LogP) is 2.00. The van der Waals surface area contributed by atoms with E-state index in [1.807, 2.05) is 0 Å². The number of pyridine rings is 1. The Balaban J connectivity index is 2.57. The average molecular weight is 222 g/mol. The van der Waals surface area contributed by atoms with Crippen LogP contribution < -0.4 is 10.2 Å². The molecule has 0 bridgehead atoms. The molecule has 0 radical (unpaired) electrons. The van der Waals surface area contributed by atoms with Gasteiger partial charge in [-0.3, -0.25) is 15.3 Å². The molecular weight excluding hydrogens is 213 g/mol. The summed E-state index contributed by atoms with van der Waals surface area (Å²) in [6.45, 7) is -1.34. The van der Waals surface area contributed by atoms with Gasteiger partial charge in [0, 0.05) is 6.07 Å². The molecule has 0 aromatic carbocycles. The molecule has 84 valence electrons. The SMILES string of the molecule is CONc1cncc(OCC(F)(F)F)c1. The molecule has 0 unspecified atom stereocenters. The largest absolute Gasteiger partial charge is 0.482 e. The summed E-state index contributed by atoms with van der Waals surface area (Å²) in [5, 5.41) is 0. The molecule has 0 aliphatic heterocycles. The fourth-order valence-electron chi connectivity index (χ4n) is 0.837. The van der Waals surface area contributed by atoms with Crippen LogP contribution in [0.1, 0.15) is 0 Å². The number of hydrogen-bond donors (Lipinski definition) is 1. The van der Waals surface area contributed by atoms with Crippen LogP contribution in [0.25, 0.3) is 0 Å². The maximum Gasteiger partial charge on any atom is 0.422 e. The molecule has 4 nitrogen and oxygen atoms in total. The molecule has 0 saturated carbocycles. The van der Waals surface area contributed by atoms with Crippen molar-refractivity contribution in [3.8, 4) is 5.75 Å². The van der Waals surface area contributed by atoms with Gasteiger partial charge < -0.3 is 4.74 Å². The summed E-state index contributed by atoms with van der Waals surface area (Å²) in [7, 11) is 1.38. The van der Waals surface area contributed by atoms with Crippen LogP contribution in [0, 0.1) is 0 Å². The number of nitrogens with one attached hydrogen (secondary N) is 1. The molecule has 1 aromatic rings. The summed E-state index contributed by atoms with van der Waals surface area (Å²) in [6.07, 6.45) is -1.78. The van der Waals surface area contributed by atoms with Crippen LogP contribution in [-0.4, -0.2) is 24.9 Å². The third-order valence-electron chi connectivity index (χ3n) is 1.34. The Bertz CT molecular complexity index is 317. The zero-order valence-electron chi connectivity index (χ0n) is 7.84. The highest BCUT2D eigenvalue weighted by Gasteiger charge is 2.28. The van der Waals surface area contributed by atoms with Crippen molar-refractivity contribution in [2.24, 2.45) is 0 Å². The Morgan fingerprint density at radius 2 is 2.13 bits per heavy atom. The number of ether oxygens (including phenoxy) is 1. The van der Waals surface area contributed by atoms with Crippen molar-refractivity contribution in [1.29, 1.82) is 0 Å². The summed E-state index contributed by atoms with van der Waals surface area (Å²) in [5.74, 6) is 0.0226. The molecule has 7 heteroatoms. The summed E-state index contributed by atoms with van der Waals surface area (Å²) in [4.78, 5) is 8.23. The first-order valence-electron chi connectivity index (χ1n) is 3.95. The predicted molar refractivity (Wildman–Crippen MR) is 46.4 cm³/mol. The summed E-state index contributed by atoms with van der Waals surface area (Å²) < 4.78 is 39.9. The molecule has 1 aromatic heterocycles. The van der Waals surface area contributed by atoms with Gasteiger partial charge in [0.15, 0.2) is 6.61 Å². The van der Waals surface area contributed by atoms with Gasteiger partial charge in [0.05, 0.1) is 25.2 Å². The lowest BCUT2D eigenvalue weighted by Gasteiger charge is -2.09. The Morgan fingerprint density at radius 3 is 2.73 bits per heavy atom. The Kier molecular flexibility index (Phi) is 3.73. The van der Waals surface area contributed by atoms with E-state index < -0.39 is 12.8 Å². The molecule has 15 heavy (non-hydrogen) atoms. The van der Waals surface area contributed by atoms with E-state index in [1.54, 1.807) is 0 Å². The van der Waals surface area contributed by atoms with Crippen molar-refractivity contribution in [2.45, 2.75) is 6.18 Å². The van der Waals surface area contributed by atoms with Crippen molar-refractivity contribution in [3.05, 3.63) is 18.5 Å². The molecule has 0 saturated heterocycles. The molecule has 0 spiro atoms. The van der Waals surface area contributed by atoms with Gasteiger partial charge in [-0.15, -0.1) is 0 Å². The van der Waals surface area contributed by atoms with E-state index in [9.17, 15) is 13.2 Å². The molecule has 0 fully saturated rings. The summed E-state index contributed by atoms with van der Waals surface area (Å²) in [5.41, 5.74) is 2.84. The Morgan fingerprint density at radius 1 is 1.40 bits per heavy atom. The fraction of sp³-hybridized carbons (Fsp3) is 0.375. The number of aromatic nitrogens is 1. The lowest BCUT2D eigenvalue weighted by Crippen LogP contribution is -2.19. The molecule has 1 heterocycles. The number of halogens is 3. The number of anilines is 1. The smallest absolute Gasteiger partial charge is 0.422 e. The average Bonchev–Trinajstić information content (AvgIpc) is 2.15. The van der Waals surface area contributed by atoms with Crippen LogP contribution >= 0.6 is 0 Å². The second kappa shape index (κ2) is 4.83. The van der Waals surface area contributed by atoms with Crippen LogP contribution in [-0.2, 0) is 4.84 Å². The van der Waals surface area contributed by atoms with Gasteiger partial charge in [0.25, 0.3) is 0 Å². The van der Waals surface area contributed by atoms with Gasteiger partial charge in [-0.2, -0.15) is 13.2 Å². The van der Waals surface area contributed by atoms with E-state index in [0.717, 1.165) is 0 Å². The lowest BCUT2D eigenvalue weighted by molar-refractivity contribution is -0.153. The van der Waals surface area contributed by atoms with E-state index >= 15 is 0 Å². The number of hydrogen-bond acceptors (Lipinski definition) is 4. The monoisotopic (exact) mass is 222 g/mol. The van der Waals surface area contributed by atoms with Gasteiger partial charge in [0.2, 0.25) is 0 Å². The first-order valence-corrected chi connectivity index (χ1v) is 3.95. The third kappa shape index (κ3) is 4.50. The van der Waals surface area contributed by atoms with Gasteiger partial charge in [-0.1, -0.05) is 0 Å². The first kappa shape index (κ1) is 11.6. The molecule has 0 aliphatic carbocycles. The van der Waals surface area contributed by atoms with Crippen molar-refractivity contribution in [3.63, 3.8) is 0 Å². The van der Waals surface area contributed by atoms with Crippen molar-refractivity contribution in [1.82, 2.24) is 4.98 Å². The van der Waals surface area contributed by atoms with Crippen LogP contribution in [0.2, 0.25) is 0 Å². The zero-order valence-corrected chi connectivity index (χ0v) is 7.84. The second-order valence-corrected chi connectivity index (χ2v) is 2.62. The second-order valence-electron chi connectivity index (χ2n) is 2.62. The van der Waals surface area contributed by atoms with Crippen molar-refractivity contribution < 1.29 is 22.7 Å². The minimum absolute atomic E-state index is 0.0226. The number of alkyl halides is 3. The highest BCUT2D eigenvalue weighted by molar-refractivity contribution is 5.43. The maximum atomic E-state index is 11.8. The summed E-state index contributed by atoms with van der Waals surface area (Å²) >= 11 is 0. The minimum Gasteiger partial charge on any atom is -0.482 e. The van der Waals surface area contributed by atoms with Gasteiger partial charge in [-0.25, -0.2) is 0 Å². The van der Waals surface area contributed by atoms with Gasteiger partial charge in [0.1, 0.15) is 5.75 Å². The number of rotatable bonds is 4. The topological polar surface area (TPSA) is 43.4 Å². The van der Waals surface area contributed by atoms with Crippen LogP contribution in [0.15, 0.2) is 18.5 Å². The number of nitrogens with zero attached hydrogens (tertiary/aromatic N) is 1. The lowest BCUT2D eigenvalue weighted by atomic mass is 10.4. The molecular formula is C8H9F3N2O2. The molecule has 1 rings (SSSR count). The molecule has 0 amide bonds. The maximum absolute atomic E-state index is 11.8. The minimum atomic E-state index is -4.36. The van der Waals surface area contributed by atoms with Crippen LogP contribution in [0.5, 0.6) is 5.75 Å². The fourth-order valence-corrected chi connectivity index (χ4v) is 0.837. The standard InChI is InChI=1S/C8H9F3N2O2/c1-14-13-6-2-7(4-12-3-6)15-5-8(9,10)11/h2-4,13H,5H2,1H3. The normalized spacial score (nSPS) is 11.2. The highest BCUT2D eigenvalue weighted by atomic mass is 19.4. The van der Waals surface area contributed by atoms with Gasteiger partial charge >= 0.3 is 6.18 Å². The first-order chi connectivity index (χ1) is 7.01. The molecule has 0 atom stereocenters. The zero-order chi connectivity index (χ0) is 11.3. The Labute approximate surface area is 84.0 Å². The van der Waals surface area contributed by atoms with E-state index in [2.05, 4.69) is 20.0 Å². The van der Waals surface area contributed by atoms with Crippen molar-refractivity contribution >= 4 is 5.69 Å². The van der Waals surface area contributed by atoms with E-state index in [4.69, 9.17) is 0 Å². The van der Waals surface area contributed by atoms with Crippen LogP contribution in [0.3, 0.4) is 0 Å². The third-order valence-corrected chi connectivity index (χ3v) is 1.34. The van der Waals surface area contributed by atoms with Crippen LogP contribution in [0.4, 0.5) is 18.9 Å².